The number of hydrogen-bond donors (Lipinski definition) is 1. The van der Waals surface area contributed by atoms with Gasteiger partial charge < -0.3 is 24.4 Å². The van der Waals surface area contributed by atoms with E-state index < -0.39 is 23.4 Å². The predicted molar refractivity (Wildman–Crippen MR) is 118 cm³/mol. The number of anilines is 1. The third-order valence-electron chi connectivity index (χ3n) is 5.79. The summed E-state index contributed by atoms with van der Waals surface area (Å²) in [6.07, 6.45) is 1.92. The van der Waals surface area contributed by atoms with Crippen LogP contribution in [0.15, 0.2) is 36.4 Å². The van der Waals surface area contributed by atoms with Crippen molar-refractivity contribution in [1.82, 2.24) is 5.32 Å². The first kappa shape index (κ1) is 22.4. The molecule has 2 aromatic carbocycles. The van der Waals surface area contributed by atoms with Gasteiger partial charge >= 0.3 is 5.97 Å². The van der Waals surface area contributed by atoms with Crippen molar-refractivity contribution < 1.29 is 28.7 Å². The highest BCUT2D eigenvalue weighted by atomic mass is 16.7. The molecule has 1 fully saturated rings. The largest absolute Gasteiger partial charge is 0.454 e. The highest BCUT2D eigenvalue weighted by molar-refractivity contribution is 5.93. The number of rotatable bonds is 7. The topological polar surface area (TPSA) is 120 Å². The molecule has 10 heteroatoms. The fourth-order valence-electron chi connectivity index (χ4n) is 3.83. The molecule has 2 heterocycles. The van der Waals surface area contributed by atoms with Crippen LogP contribution in [0.2, 0.25) is 0 Å². The smallest absolute Gasteiger partial charge is 0.338 e. The van der Waals surface area contributed by atoms with E-state index in [0.717, 1.165) is 31.5 Å². The molecule has 0 bridgehead atoms. The number of carbonyl (C=O) groups excluding carboxylic acids is 2. The van der Waals surface area contributed by atoms with Crippen LogP contribution in [0.4, 0.5) is 11.4 Å². The zero-order valence-corrected chi connectivity index (χ0v) is 18.2. The number of carbonyl (C=O) groups is 2. The summed E-state index contributed by atoms with van der Waals surface area (Å²) >= 11 is 0. The molecule has 1 amide bonds. The van der Waals surface area contributed by atoms with Crippen LogP contribution in [-0.2, 0) is 16.1 Å². The van der Waals surface area contributed by atoms with Crippen LogP contribution in [0.3, 0.4) is 0 Å². The number of fused-ring (bicyclic) bond motifs is 1. The molecule has 0 unspecified atom stereocenters. The summed E-state index contributed by atoms with van der Waals surface area (Å²) in [7, 11) is 0. The quantitative estimate of drug-likeness (QED) is 0.384. The number of hydrogen-bond acceptors (Lipinski definition) is 8. The minimum Gasteiger partial charge on any atom is -0.454 e. The summed E-state index contributed by atoms with van der Waals surface area (Å²) in [5, 5.41) is 14.3. The number of piperidine rings is 1. The molecule has 0 aliphatic carbocycles. The van der Waals surface area contributed by atoms with E-state index in [-0.39, 0.29) is 24.6 Å². The molecule has 2 aliphatic rings. The van der Waals surface area contributed by atoms with Gasteiger partial charge in [0.25, 0.3) is 11.6 Å². The average Bonchev–Trinajstić information content (AvgIpc) is 3.29. The summed E-state index contributed by atoms with van der Waals surface area (Å²) in [6, 6.07) is 9.59. The zero-order chi connectivity index (χ0) is 23.4. The van der Waals surface area contributed by atoms with Gasteiger partial charge in [0.1, 0.15) is 5.69 Å². The van der Waals surface area contributed by atoms with Crippen molar-refractivity contribution in [3.8, 4) is 11.5 Å². The monoisotopic (exact) mass is 455 g/mol. The van der Waals surface area contributed by atoms with Crippen LogP contribution < -0.4 is 19.7 Å². The third kappa shape index (κ3) is 5.33. The van der Waals surface area contributed by atoms with E-state index in [9.17, 15) is 19.7 Å². The molecular formula is C23H25N3O7. The molecule has 2 aromatic rings. The molecule has 174 valence electrons. The number of nitrogens with one attached hydrogen (secondary N) is 1. The normalized spacial score (nSPS) is 15.2. The third-order valence-corrected chi connectivity index (χ3v) is 5.79. The fourth-order valence-corrected chi connectivity index (χ4v) is 3.83. The molecule has 10 nitrogen and oxygen atoms in total. The van der Waals surface area contributed by atoms with Gasteiger partial charge in [-0.2, -0.15) is 0 Å². The van der Waals surface area contributed by atoms with Gasteiger partial charge in [-0.25, -0.2) is 4.79 Å². The Hall–Kier alpha value is -3.82. The molecule has 0 aromatic heterocycles. The summed E-state index contributed by atoms with van der Waals surface area (Å²) in [5.41, 5.74) is 1.17. The first-order chi connectivity index (χ1) is 15.9. The Morgan fingerprint density at radius 2 is 1.91 bits per heavy atom. The Labute approximate surface area is 190 Å². The predicted octanol–water partition coefficient (Wildman–Crippen LogP) is 3.03. The number of nitro benzene ring substituents is 1. The molecule has 4 rings (SSSR count). The Morgan fingerprint density at radius 3 is 2.67 bits per heavy atom. The van der Waals surface area contributed by atoms with Gasteiger partial charge in [-0.3, -0.25) is 14.9 Å². The van der Waals surface area contributed by atoms with Crippen LogP contribution in [0, 0.1) is 16.0 Å². The lowest BCUT2D eigenvalue weighted by molar-refractivity contribution is -0.384. The van der Waals surface area contributed by atoms with Gasteiger partial charge in [-0.05, 0) is 48.6 Å². The second-order valence-electron chi connectivity index (χ2n) is 8.17. The fraction of sp³-hybridized carbons (Fsp3) is 0.391. The SMILES string of the molecule is CC1CCN(c2ccc(C(=O)OCC(=O)NCc3ccc4c(c3)OCO4)cc2[N+](=O)[O-])CC1. The highest BCUT2D eigenvalue weighted by Gasteiger charge is 2.25. The Bertz CT molecular complexity index is 1060. The Kier molecular flexibility index (Phi) is 6.62. The van der Waals surface area contributed by atoms with Crippen molar-refractivity contribution in [3.05, 3.63) is 57.6 Å². The minimum atomic E-state index is -0.796. The standard InChI is InChI=1S/C23H25N3O7/c1-15-6-8-25(9-7-15)18-4-3-17(11-19(18)26(29)30)23(28)31-13-22(27)24-12-16-2-5-20-21(10-16)33-14-32-20/h2-5,10-11,15H,6-9,12-14H2,1H3,(H,24,27). The molecule has 0 radical (unpaired) electrons. The maximum absolute atomic E-state index is 12.4. The average molecular weight is 455 g/mol. The van der Waals surface area contributed by atoms with E-state index in [1.54, 1.807) is 24.3 Å². The second-order valence-corrected chi connectivity index (χ2v) is 8.17. The van der Waals surface area contributed by atoms with Crippen LogP contribution in [-0.4, -0.2) is 43.3 Å². The maximum atomic E-state index is 12.4. The lowest BCUT2D eigenvalue weighted by Gasteiger charge is -2.31. The molecular weight excluding hydrogens is 430 g/mol. The summed E-state index contributed by atoms with van der Waals surface area (Å²) in [6.45, 7) is 3.52. The van der Waals surface area contributed by atoms with Gasteiger partial charge in [0.2, 0.25) is 6.79 Å². The highest BCUT2D eigenvalue weighted by Crippen LogP contribution is 2.33. The van der Waals surface area contributed by atoms with E-state index in [1.807, 2.05) is 4.90 Å². The van der Waals surface area contributed by atoms with Crippen LogP contribution in [0.25, 0.3) is 0 Å². The van der Waals surface area contributed by atoms with Crippen molar-refractivity contribution in [2.45, 2.75) is 26.3 Å². The molecule has 1 saturated heterocycles. The first-order valence-electron chi connectivity index (χ1n) is 10.8. The summed E-state index contributed by atoms with van der Waals surface area (Å²) < 4.78 is 15.6. The number of benzene rings is 2. The molecule has 33 heavy (non-hydrogen) atoms. The number of amides is 1. The molecule has 1 N–H and O–H groups in total. The first-order valence-corrected chi connectivity index (χ1v) is 10.8. The van der Waals surface area contributed by atoms with Crippen molar-refractivity contribution >= 4 is 23.3 Å². The molecule has 0 spiro atoms. The zero-order valence-electron chi connectivity index (χ0n) is 18.2. The lowest BCUT2D eigenvalue weighted by atomic mass is 9.98. The lowest BCUT2D eigenvalue weighted by Crippen LogP contribution is -2.33. The van der Waals surface area contributed by atoms with Crippen molar-refractivity contribution in [1.29, 1.82) is 0 Å². The minimum absolute atomic E-state index is 0.0272. The Balaban J connectivity index is 1.32. The Morgan fingerprint density at radius 1 is 1.15 bits per heavy atom. The van der Waals surface area contributed by atoms with Gasteiger partial charge in [0, 0.05) is 25.7 Å². The van der Waals surface area contributed by atoms with Crippen molar-refractivity contribution in [2.24, 2.45) is 5.92 Å². The summed E-state index contributed by atoms with van der Waals surface area (Å²) in [5.74, 6) is 0.557. The molecule has 2 aliphatic heterocycles. The van der Waals surface area contributed by atoms with Crippen molar-refractivity contribution in [2.75, 3.05) is 31.4 Å². The van der Waals surface area contributed by atoms with Crippen LogP contribution in [0.1, 0.15) is 35.7 Å². The van der Waals surface area contributed by atoms with Gasteiger partial charge in [0.05, 0.1) is 10.5 Å². The number of ether oxygens (including phenoxy) is 3. The second kappa shape index (κ2) is 9.76. The number of nitro groups is 1. The van der Waals surface area contributed by atoms with Crippen LogP contribution >= 0.6 is 0 Å². The van der Waals surface area contributed by atoms with E-state index in [0.29, 0.717) is 23.1 Å². The maximum Gasteiger partial charge on any atom is 0.338 e. The van der Waals surface area contributed by atoms with Crippen LogP contribution in [0.5, 0.6) is 11.5 Å². The van der Waals surface area contributed by atoms with E-state index in [4.69, 9.17) is 14.2 Å². The number of esters is 1. The van der Waals surface area contributed by atoms with Gasteiger partial charge in [0.15, 0.2) is 18.1 Å². The van der Waals surface area contributed by atoms with E-state index in [2.05, 4.69) is 12.2 Å². The van der Waals surface area contributed by atoms with E-state index >= 15 is 0 Å². The molecule has 0 saturated carbocycles. The molecule has 0 atom stereocenters. The summed E-state index contributed by atoms with van der Waals surface area (Å²) in [4.78, 5) is 37.6. The van der Waals surface area contributed by atoms with Gasteiger partial charge in [-0.1, -0.05) is 13.0 Å². The van der Waals surface area contributed by atoms with E-state index in [1.165, 1.54) is 12.1 Å². The van der Waals surface area contributed by atoms with Gasteiger partial charge in [-0.15, -0.1) is 0 Å². The number of nitrogens with zero attached hydrogens (tertiary/aromatic N) is 2. The van der Waals surface area contributed by atoms with Crippen molar-refractivity contribution in [3.63, 3.8) is 0 Å².